The van der Waals surface area contributed by atoms with E-state index in [4.69, 9.17) is 4.74 Å². The molecule has 0 radical (unpaired) electrons. The molecule has 3 rings (SSSR count). The Morgan fingerprint density at radius 2 is 2.20 bits per heavy atom. The minimum absolute atomic E-state index is 0.105. The van der Waals surface area contributed by atoms with Gasteiger partial charge in [-0.2, -0.15) is 0 Å². The highest BCUT2D eigenvalue weighted by Crippen LogP contribution is 2.15. The van der Waals surface area contributed by atoms with Crippen LogP contribution in [0.25, 0.3) is 6.08 Å². The summed E-state index contributed by atoms with van der Waals surface area (Å²) >= 11 is 1.60. The largest absolute Gasteiger partial charge is 0.378 e. The standard InChI is InChI=1S/C17H21N5O2S/c23-17(4-3-14-2-1-11-25-14)19-6-5-18-15-12-16(21-13-20-15)22-7-9-24-10-8-22/h1-4,11-13H,5-10H2,(H,19,23)(H,18,20,21)/b4-3+. The number of carbonyl (C=O) groups excluding carboxylic acids is 1. The van der Waals surface area contributed by atoms with E-state index < -0.39 is 0 Å². The van der Waals surface area contributed by atoms with Crippen LogP contribution in [0.5, 0.6) is 0 Å². The second-order valence-corrected chi connectivity index (χ2v) is 6.41. The maximum Gasteiger partial charge on any atom is 0.244 e. The van der Waals surface area contributed by atoms with E-state index >= 15 is 0 Å². The molecule has 0 aromatic carbocycles. The summed E-state index contributed by atoms with van der Waals surface area (Å²) < 4.78 is 5.35. The molecule has 25 heavy (non-hydrogen) atoms. The highest BCUT2D eigenvalue weighted by molar-refractivity contribution is 7.10. The molecule has 0 saturated carbocycles. The van der Waals surface area contributed by atoms with Crippen molar-refractivity contribution >= 4 is 35.0 Å². The zero-order valence-electron chi connectivity index (χ0n) is 13.9. The molecule has 132 valence electrons. The van der Waals surface area contributed by atoms with E-state index in [1.165, 1.54) is 0 Å². The molecule has 7 nitrogen and oxygen atoms in total. The van der Waals surface area contributed by atoms with Gasteiger partial charge in [0.2, 0.25) is 5.91 Å². The third kappa shape index (κ3) is 5.54. The third-order valence-corrected chi connectivity index (χ3v) is 4.50. The molecular weight excluding hydrogens is 338 g/mol. The summed E-state index contributed by atoms with van der Waals surface area (Å²) in [5, 5.41) is 8.02. The SMILES string of the molecule is O=C(/C=C/c1cccs1)NCCNc1cc(N2CCOCC2)ncn1. The van der Waals surface area contributed by atoms with Gasteiger partial charge in [0.25, 0.3) is 0 Å². The van der Waals surface area contributed by atoms with Crippen LogP contribution in [-0.2, 0) is 9.53 Å². The van der Waals surface area contributed by atoms with Gasteiger partial charge in [0.15, 0.2) is 0 Å². The van der Waals surface area contributed by atoms with Crippen LogP contribution >= 0.6 is 11.3 Å². The minimum atomic E-state index is -0.105. The van der Waals surface area contributed by atoms with Crippen LogP contribution in [0.3, 0.4) is 0 Å². The maximum absolute atomic E-state index is 11.7. The molecule has 8 heteroatoms. The van der Waals surface area contributed by atoms with Crippen molar-refractivity contribution in [2.24, 2.45) is 0 Å². The topological polar surface area (TPSA) is 79.4 Å². The number of rotatable bonds is 7. The first-order chi connectivity index (χ1) is 12.3. The first kappa shape index (κ1) is 17.4. The van der Waals surface area contributed by atoms with Crippen LogP contribution in [0.1, 0.15) is 4.88 Å². The van der Waals surface area contributed by atoms with Crippen LogP contribution in [-0.4, -0.2) is 55.3 Å². The highest BCUT2D eigenvalue weighted by atomic mass is 32.1. The van der Waals surface area contributed by atoms with Gasteiger partial charge in [-0.3, -0.25) is 4.79 Å². The van der Waals surface area contributed by atoms with Gasteiger partial charge in [-0.05, 0) is 17.5 Å². The number of nitrogens with one attached hydrogen (secondary N) is 2. The number of hydrogen-bond acceptors (Lipinski definition) is 7. The van der Waals surface area contributed by atoms with E-state index in [1.54, 1.807) is 23.7 Å². The van der Waals surface area contributed by atoms with Crippen LogP contribution in [0.2, 0.25) is 0 Å². The smallest absolute Gasteiger partial charge is 0.244 e. The first-order valence-electron chi connectivity index (χ1n) is 8.19. The van der Waals surface area contributed by atoms with Crippen molar-refractivity contribution in [2.75, 3.05) is 49.6 Å². The Morgan fingerprint density at radius 3 is 3.00 bits per heavy atom. The molecule has 2 N–H and O–H groups in total. The average molecular weight is 359 g/mol. The molecule has 1 amide bonds. The number of carbonyl (C=O) groups is 1. The van der Waals surface area contributed by atoms with E-state index in [0.717, 1.165) is 42.8 Å². The fourth-order valence-corrected chi connectivity index (χ4v) is 3.01. The molecule has 0 unspecified atom stereocenters. The van der Waals surface area contributed by atoms with Gasteiger partial charge in [-0.25, -0.2) is 9.97 Å². The lowest BCUT2D eigenvalue weighted by molar-refractivity contribution is -0.116. The van der Waals surface area contributed by atoms with E-state index in [0.29, 0.717) is 13.1 Å². The molecule has 2 aromatic rings. The van der Waals surface area contributed by atoms with Crippen molar-refractivity contribution < 1.29 is 9.53 Å². The summed E-state index contributed by atoms with van der Waals surface area (Å²) in [5.74, 6) is 1.54. The van der Waals surface area contributed by atoms with Crippen molar-refractivity contribution in [3.63, 3.8) is 0 Å². The molecule has 2 aromatic heterocycles. The summed E-state index contributed by atoms with van der Waals surface area (Å²) in [6, 6.07) is 5.85. The summed E-state index contributed by atoms with van der Waals surface area (Å²) in [4.78, 5) is 23.5. The molecule has 1 saturated heterocycles. The van der Waals surface area contributed by atoms with Gasteiger partial charge < -0.3 is 20.3 Å². The molecule has 0 aliphatic carbocycles. The van der Waals surface area contributed by atoms with Crippen LogP contribution in [0, 0.1) is 0 Å². The van der Waals surface area contributed by atoms with Crippen LogP contribution in [0.15, 0.2) is 36.0 Å². The zero-order chi connectivity index (χ0) is 17.3. The molecule has 3 heterocycles. The Bertz CT molecular complexity index is 699. The zero-order valence-corrected chi connectivity index (χ0v) is 14.7. The summed E-state index contributed by atoms with van der Waals surface area (Å²) in [5.41, 5.74) is 0. The molecular formula is C17H21N5O2S. The second-order valence-electron chi connectivity index (χ2n) is 5.43. The van der Waals surface area contributed by atoms with Gasteiger partial charge in [0, 0.05) is 43.2 Å². The van der Waals surface area contributed by atoms with Gasteiger partial charge in [-0.1, -0.05) is 6.07 Å². The molecule has 0 atom stereocenters. The minimum Gasteiger partial charge on any atom is -0.378 e. The molecule has 0 spiro atoms. The van der Waals surface area contributed by atoms with E-state index in [2.05, 4.69) is 25.5 Å². The lowest BCUT2D eigenvalue weighted by Crippen LogP contribution is -2.36. The van der Waals surface area contributed by atoms with Crippen LogP contribution in [0.4, 0.5) is 11.6 Å². The number of ether oxygens (including phenoxy) is 1. The van der Waals surface area contributed by atoms with Crippen molar-refractivity contribution in [1.82, 2.24) is 15.3 Å². The first-order valence-corrected chi connectivity index (χ1v) is 9.07. The predicted molar refractivity (Wildman–Crippen MR) is 99.9 cm³/mol. The van der Waals surface area contributed by atoms with E-state index in [-0.39, 0.29) is 5.91 Å². The average Bonchev–Trinajstić information content (AvgIpc) is 3.18. The van der Waals surface area contributed by atoms with Crippen molar-refractivity contribution in [3.05, 3.63) is 40.9 Å². The molecule has 1 aliphatic rings. The lowest BCUT2D eigenvalue weighted by Gasteiger charge is -2.27. The number of hydrogen-bond donors (Lipinski definition) is 2. The summed E-state index contributed by atoms with van der Waals surface area (Å²) in [6.45, 7) is 4.23. The fourth-order valence-electron chi connectivity index (χ4n) is 2.39. The van der Waals surface area contributed by atoms with E-state index in [1.807, 2.05) is 29.7 Å². The maximum atomic E-state index is 11.7. The lowest BCUT2D eigenvalue weighted by atomic mass is 10.4. The molecule has 1 fully saturated rings. The Labute approximate surface area is 150 Å². The summed E-state index contributed by atoms with van der Waals surface area (Å²) in [7, 11) is 0. The number of morpholine rings is 1. The monoisotopic (exact) mass is 359 g/mol. The Hall–Kier alpha value is -2.45. The molecule has 1 aliphatic heterocycles. The quantitative estimate of drug-likeness (QED) is 0.578. The highest BCUT2D eigenvalue weighted by Gasteiger charge is 2.12. The summed E-state index contributed by atoms with van der Waals surface area (Å²) in [6.07, 6.45) is 4.91. The van der Waals surface area contributed by atoms with Crippen molar-refractivity contribution in [3.8, 4) is 0 Å². The number of nitrogens with zero attached hydrogens (tertiary/aromatic N) is 3. The Kier molecular flexibility index (Phi) is 6.35. The number of anilines is 2. The fraction of sp³-hybridized carbons (Fsp3) is 0.353. The second kappa shape index (κ2) is 9.14. The Balaban J connectivity index is 1.40. The normalized spacial score (nSPS) is 14.6. The predicted octanol–water partition coefficient (Wildman–Crippen LogP) is 1.62. The van der Waals surface area contributed by atoms with E-state index in [9.17, 15) is 4.79 Å². The van der Waals surface area contributed by atoms with Gasteiger partial charge in [-0.15, -0.1) is 11.3 Å². The van der Waals surface area contributed by atoms with Crippen molar-refractivity contribution in [1.29, 1.82) is 0 Å². The van der Waals surface area contributed by atoms with Crippen molar-refractivity contribution in [2.45, 2.75) is 0 Å². The van der Waals surface area contributed by atoms with Crippen LogP contribution < -0.4 is 15.5 Å². The Morgan fingerprint density at radius 1 is 1.32 bits per heavy atom. The van der Waals surface area contributed by atoms with Gasteiger partial charge in [0.05, 0.1) is 13.2 Å². The molecule has 0 bridgehead atoms. The number of amides is 1. The van der Waals surface area contributed by atoms with Gasteiger partial charge in [0.1, 0.15) is 18.0 Å². The third-order valence-electron chi connectivity index (χ3n) is 3.66. The van der Waals surface area contributed by atoms with Gasteiger partial charge >= 0.3 is 0 Å². The number of aromatic nitrogens is 2. The number of thiophene rings is 1.